The number of rotatable bonds is 6. The highest BCUT2D eigenvalue weighted by molar-refractivity contribution is 7.19. The minimum absolute atomic E-state index is 0.797. The second kappa shape index (κ2) is 7.60. The quantitative estimate of drug-likeness (QED) is 0.393. The molecule has 0 aliphatic heterocycles. The number of hydrogen-bond donors (Lipinski definition) is 1. The van der Waals surface area contributed by atoms with Gasteiger partial charge in [-0.2, -0.15) is 0 Å². The van der Waals surface area contributed by atoms with Gasteiger partial charge in [0.2, 0.25) is 0 Å². The standard InChI is InChI=1S/C21H19N5S/c1-3-5-9-24-21-19(25-18-14-23-10-11-26(18)21)20-15(4-2)12-17(27-20)16-7-6-8-22-13-16/h2,6-8,10-14,24H,3,5,9H2,1H3. The molecule has 0 saturated heterocycles. The number of hydrogen-bond acceptors (Lipinski definition) is 5. The molecule has 0 aliphatic carbocycles. The first-order chi connectivity index (χ1) is 13.3. The second-order valence-electron chi connectivity index (χ2n) is 6.13. The SMILES string of the molecule is C#Cc1cc(-c2cccnc2)sc1-c1nc2cnccn2c1NCCCC. The molecule has 27 heavy (non-hydrogen) atoms. The minimum atomic E-state index is 0.797. The summed E-state index contributed by atoms with van der Waals surface area (Å²) in [6, 6.07) is 6.00. The third-order valence-corrected chi connectivity index (χ3v) is 5.49. The fraction of sp³-hybridized carbons (Fsp3) is 0.190. The molecule has 0 aliphatic rings. The van der Waals surface area contributed by atoms with E-state index in [0.717, 1.165) is 57.4 Å². The zero-order valence-corrected chi connectivity index (χ0v) is 15.8. The van der Waals surface area contributed by atoms with Crippen LogP contribution >= 0.6 is 11.3 Å². The van der Waals surface area contributed by atoms with Gasteiger partial charge in [-0.1, -0.05) is 25.3 Å². The smallest absolute Gasteiger partial charge is 0.157 e. The zero-order valence-electron chi connectivity index (χ0n) is 15.0. The average Bonchev–Trinajstić information content (AvgIpc) is 3.30. The van der Waals surface area contributed by atoms with Crippen molar-refractivity contribution in [2.75, 3.05) is 11.9 Å². The largest absolute Gasteiger partial charge is 0.369 e. The molecule has 0 radical (unpaired) electrons. The topological polar surface area (TPSA) is 55.1 Å². The number of thiophene rings is 1. The van der Waals surface area contributed by atoms with Crippen LogP contribution in [0, 0.1) is 12.3 Å². The van der Waals surface area contributed by atoms with E-state index in [1.807, 2.05) is 35.0 Å². The molecule has 0 unspecified atom stereocenters. The fourth-order valence-electron chi connectivity index (χ4n) is 2.94. The van der Waals surface area contributed by atoms with E-state index in [2.05, 4.69) is 28.1 Å². The monoisotopic (exact) mass is 373 g/mol. The molecule has 0 atom stereocenters. The van der Waals surface area contributed by atoms with Gasteiger partial charge in [-0.25, -0.2) is 4.98 Å². The van der Waals surface area contributed by atoms with Gasteiger partial charge < -0.3 is 5.32 Å². The predicted octanol–water partition coefficient (Wildman–Crippen LogP) is 4.71. The van der Waals surface area contributed by atoms with E-state index in [9.17, 15) is 0 Å². The first-order valence-electron chi connectivity index (χ1n) is 8.89. The second-order valence-corrected chi connectivity index (χ2v) is 7.19. The van der Waals surface area contributed by atoms with Crippen LogP contribution in [0.5, 0.6) is 0 Å². The Morgan fingerprint density at radius 1 is 1.26 bits per heavy atom. The number of terminal acetylenes is 1. The summed E-state index contributed by atoms with van der Waals surface area (Å²) in [4.78, 5) is 15.3. The van der Waals surface area contributed by atoms with Crippen molar-refractivity contribution in [1.82, 2.24) is 19.4 Å². The van der Waals surface area contributed by atoms with Crippen molar-refractivity contribution in [1.29, 1.82) is 0 Å². The van der Waals surface area contributed by atoms with Gasteiger partial charge in [0.25, 0.3) is 0 Å². The number of nitrogens with zero attached hydrogens (tertiary/aromatic N) is 4. The molecule has 0 bridgehead atoms. The normalized spacial score (nSPS) is 10.8. The van der Waals surface area contributed by atoms with Gasteiger partial charge in [-0.15, -0.1) is 17.8 Å². The molecule has 0 amide bonds. The average molecular weight is 373 g/mol. The van der Waals surface area contributed by atoms with Crippen LogP contribution in [0.2, 0.25) is 0 Å². The Morgan fingerprint density at radius 3 is 2.93 bits per heavy atom. The molecule has 6 heteroatoms. The molecule has 0 spiro atoms. The Balaban J connectivity index is 1.85. The van der Waals surface area contributed by atoms with Crippen LogP contribution in [0.1, 0.15) is 25.3 Å². The van der Waals surface area contributed by atoms with Crippen molar-refractivity contribution in [2.45, 2.75) is 19.8 Å². The van der Waals surface area contributed by atoms with Gasteiger partial charge in [-0.3, -0.25) is 14.4 Å². The third kappa shape index (κ3) is 3.29. The van der Waals surface area contributed by atoms with E-state index >= 15 is 0 Å². The molecule has 0 aromatic carbocycles. The molecule has 4 rings (SSSR count). The van der Waals surface area contributed by atoms with Crippen LogP contribution in [0.3, 0.4) is 0 Å². The molecule has 134 valence electrons. The van der Waals surface area contributed by atoms with Crippen LogP contribution in [0.4, 0.5) is 5.82 Å². The number of fused-ring (bicyclic) bond motifs is 1. The van der Waals surface area contributed by atoms with Crippen molar-refractivity contribution in [3.8, 4) is 33.4 Å². The van der Waals surface area contributed by atoms with Crippen LogP contribution in [-0.2, 0) is 0 Å². The maximum atomic E-state index is 5.82. The molecule has 0 saturated carbocycles. The lowest BCUT2D eigenvalue weighted by Gasteiger charge is -2.07. The summed E-state index contributed by atoms with van der Waals surface area (Å²) in [5, 5.41) is 3.53. The Labute approximate surface area is 162 Å². The number of aromatic nitrogens is 4. The van der Waals surface area contributed by atoms with Crippen LogP contribution in [-0.4, -0.2) is 25.9 Å². The molecule has 4 aromatic heterocycles. The van der Waals surface area contributed by atoms with Crippen LogP contribution in [0.15, 0.2) is 49.2 Å². The van der Waals surface area contributed by atoms with Crippen molar-refractivity contribution in [3.05, 3.63) is 54.7 Å². The lowest BCUT2D eigenvalue weighted by atomic mass is 10.1. The summed E-state index contributed by atoms with van der Waals surface area (Å²) in [6.45, 7) is 3.06. The summed E-state index contributed by atoms with van der Waals surface area (Å²) < 4.78 is 2.03. The van der Waals surface area contributed by atoms with Crippen molar-refractivity contribution >= 4 is 22.8 Å². The molecule has 4 heterocycles. The highest BCUT2D eigenvalue weighted by Crippen LogP contribution is 2.40. The van der Waals surface area contributed by atoms with E-state index in [0.29, 0.717) is 0 Å². The third-order valence-electron chi connectivity index (χ3n) is 4.30. The summed E-state index contributed by atoms with van der Waals surface area (Å²) in [5.41, 5.74) is 3.56. The van der Waals surface area contributed by atoms with Gasteiger partial charge in [0.15, 0.2) is 5.65 Å². The maximum Gasteiger partial charge on any atom is 0.157 e. The van der Waals surface area contributed by atoms with E-state index in [1.165, 1.54) is 0 Å². The van der Waals surface area contributed by atoms with Crippen molar-refractivity contribution in [3.63, 3.8) is 0 Å². The first-order valence-corrected chi connectivity index (χ1v) is 9.70. The fourth-order valence-corrected chi connectivity index (χ4v) is 4.04. The maximum absolute atomic E-state index is 5.82. The lowest BCUT2D eigenvalue weighted by molar-refractivity contribution is 0.830. The predicted molar refractivity (Wildman–Crippen MR) is 111 cm³/mol. The zero-order chi connectivity index (χ0) is 18.6. The van der Waals surface area contributed by atoms with Crippen LogP contribution < -0.4 is 5.32 Å². The first kappa shape index (κ1) is 17.3. The summed E-state index contributed by atoms with van der Waals surface area (Å²) >= 11 is 1.64. The molecule has 4 aromatic rings. The molecular weight excluding hydrogens is 354 g/mol. The van der Waals surface area contributed by atoms with Crippen molar-refractivity contribution < 1.29 is 0 Å². The van der Waals surface area contributed by atoms with Crippen molar-refractivity contribution in [2.24, 2.45) is 0 Å². The highest BCUT2D eigenvalue weighted by atomic mass is 32.1. The molecule has 5 nitrogen and oxygen atoms in total. The number of imidazole rings is 1. The Kier molecular flexibility index (Phi) is 4.86. The number of anilines is 1. The summed E-state index contributed by atoms with van der Waals surface area (Å²) in [5.74, 6) is 3.78. The lowest BCUT2D eigenvalue weighted by Crippen LogP contribution is -2.04. The van der Waals surface area contributed by atoms with Crippen LogP contribution in [0.25, 0.3) is 26.7 Å². The van der Waals surface area contributed by atoms with E-state index in [1.54, 1.807) is 29.9 Å². The molecule has 1 N–H and O–H groups in total. The van der Waals surface area contributed by atoms with Gasteiger partial charge in [0, 0.05) is 47.3 Å². The van der Waals surface area contributed by atoms with Gasteiger partial charge in [0.05, 0.1) is 11.1 Å². The number of unbranched alkanes of at least 4 members (excludes halogenated alkanes) is 1. The number of nitrogens with one attached hydrogen (secondary N) is 1. The van der Waals surface area contributed by atoms with E-state index in [4.69, 9.17) is 11.4 Å². The Hall–Kier alpha value is -3.17. The Morgan fingerprint density at radius 2 is 2.15 bits per heavy atom. The molecular formula is C21H19N5S. The summed E-state index contributed by atoms with van der Waals surface area (Å²) in [6.07, 6.45) is 17.1. The van der Waals surface area contributed by atoms with E-state index in [-0.39, 0.29) is 0 Å². The van der Waals surface area contributed by atoms with E-state index < -0.39 is 0 Å². The van der Waals surface area contributed by atoms with Gasteiger partial charge >= 0.3 is 0 Å². The highest BCUT2D eigenvalue weighted by Gasteiger charge is 2.19. The minimum Gasteiger partial charge on any atom is -0.369 e. The molecule has 0 fully saturated rings. The Bertz CT molecular complexity index is 1100. The van der Waals surface area contributed by atoms with Gasteiger partial charge in [-0.05, 0) is 18.6 Å². The summed E-state index contributed by atoms with van der Waals surface area (Å²) in [7, 11) is 0. The van der Waals surface area contributed by atoms with Gasteiger partial charge in [0.1, 0.15) is 11.5 Å². The number of pyridine rings is 1.